The maximum Gasteiger partial charge on any atom is 0.415 e. The van der Waals surface area contributed by atoms with Crippen LogP contribution >= 0.6 is 22.9 Å². The van der Waals surface area contributed by atoms with Crippen molar-refractivity contribution < 1.29 is 38.2 Å². The molecular weight excluding hydrogens is 908 g/mol. The van der Waals surface area contributed by atoms with Crippen LogP contribution in [0, 0.1) is 12.8 Å². The molecule has 1 fully saturated rings. The van der Waals surface area contributed by atoms with Crippen molar-refractivity contribution in [2.75, 3.05) is 76.1 Å². The third-order valence-corrected chi connectivity index (χ3v) is 14.1. The Morgan fingerprint density at radius 3 is 2.38 bits per heavy atom. The fourth-order valence-corrected chi connectivity index (χ4v) is 9.78. The van der Waals surface area contributed by atoms with Crippen LogP contribution in [0.25, 0.3) is 21.0 Å². The van der Waals surface area contributed by atoms with E-state index in [9.17, 15) is 24.0 Å². The number of carbonyl (C=O) groups is 5. The smallest absolute Gasteiger partial charge is 0.415 e. The van der Waals surface area contributed by atoms with Crippen molar-refractivity contribution in [3.63, 3.8) is 0 Å². The van der Waals surface area contributed by atoms with Gasteiger partial charge in [0.1, 0.15) is 30.7 Å². The lowest BCUT2D eigenvalue weighted by Gasteiger charge is -2.22. The molecule has 1 saturated heterocycles. The monoisotopic (exact) mass is 970 g/mol. The number of alkyl halides is 1. The third kappa shape index (κ3) is 11.7. The van der Waals surface area contributed by atoms with Crippen molar-refractivity contribution in [3.8, 4) is 11.5 Å². The third-order valence-electron chi connectivity index (χ3n) is 12.6. The van der Waals surface area contributed by atoms with E-state index in [1.54, 1.807) is 49.3 Å². The Morgan fingerprint density at radius 2 is 1.69 bits per heavy atom. The van der Waals surface area contributed by atoms with E-state index in [2.05, 4.69) is 20.5 Å². The van der Waals surface area contributed by atoms with Crippen LogP contribution < -0.4 is 30.7 Å². The normalized spacial score (nSPS) is 15.6. The molecule has 2 aromatic heterocycles. The number of amides is 5. The molecule has 0 unspecified atom stereocenters. The Hall–Kier alpha value is -5.88. The van der Waals surface area contributed by atoms with Gasteiger partial charge in [0.05, 0.1) is 16.4 Å². The largest absolute Gasteiger partial charge is 0.492 e. The van der Waals surface area contributed by atoms with Gasteiger partial charge in [0.15, 0.2) is 5.75 Å². The molecule has 7 rings (SSSR count). The van der Waals surface area contributed by atoms with Gasteiger partial charge in [-0.25, -0.2) is 9.59 Å². The van der Waals surface area contributed by atoms with Crippen molar-refractivity contribution in [1.82, 2.24) is 25.0 Å². The van der Waals surface area contributed by atoms with Gasteiger partial charge in [0.25, 0.3) is 5.91 Å². The molecule has 18 heteroatoms. The molecule has 5 amide bonds. The first-order valence-corrected chi connectivity index (χ1v) is 24.7. The van der Waals surface area contributed by atoms with Crippen LogP contribution in [-0.4, -0.2) is 128 Å². The van der Waals surface area contributed by atoms with Crippen molar-refractivity contribution in [2.24, 2.45) is 11.7 Å². The number of carbonyl (C=O) groups excluding carboxylic acids is 5. The lowest BCUT2D eigenvalue weighted by molar-refractivity contribution is -0.128. The lowest BCUT2D eigenvalue weighted by Crippen LogP contribution is -2.51. The summed E-state index contributed by atoms with van der Waals surface area (Å²) in [6, 6.07) is 14.8. The van der Waals surface area contributed by atoms with E-state index < -0.39 is 24.3 Å². The number of likely N-dealkylation sites (N-methyl/N-ethyl adjacent to an activating group) is 2. The Morgan fingerprint density at radius 1 is 0.971 bits per heavy atom. The van der Waals surface area contributed by atoms with Gasteiger partial charge in [0.2, 0.25) is 11.8 Å². The molecule has 5 N–H and O–H groups in total. The summed E-state index contributed by atoms with van der Waals surface area (Å²) in [4.78, 5) is 76.7. The molecule has 2 aliphatic rings. The maximum atomic E-state index is 14.4. The van der Waals surface area contributed by atoms with Gasteiger partial charge in [-0.3, -0.25) is 19.3 Å². The number of nitrogens with two attached hydrogens (primary N) is 1. The number of H-pyrrole nitrogens is 1. The number of nitrogens with zero attached hydrogens (tertiary/aromatic N) is 4. The minimum absolute atomic E-state index is 0.0231. The minimum atomic E-state index is -0.732. The molecule has 3 aromatic carbocycles. The molecule has 5 aromatic rings. The predicted molar refractivity (Wildman–Crippen MR) is 267 cm³/mol. The topological polar surface area (TPSA) is 192 Å². The molecule has 0 radical (unpaired) electrons. The molecular formula is C50H63ClN8O8S. The van der Waals surface area contributed by atoms with Crippen LogP contribution in [0.5, 0.6) is 11.5 Å². The van der Waals surface area contributed by atoms with Crippen LogP contribution in [0.1, 0.15) is 79.6 Å². The first kappa shape index (κ1) is 50.0. The summed E-state index contributed by atoms with van der Waals surface area (Å²) in [6.07, 6.45) is 2.38. The summed E-state index contributed by atoms with van der Waals surface area (Å²) in [5.41, 5.74) is 11.0. The van der Waals surface area contributed by atoms with Gasteiger partial charge < -0.3 is 50.3 Å². The molecule has 0 saturated carbocycles. The molecule has 0 spiro atoms. The highest BCUT2D eigenvalue weighted by Gasteiger charge is 2.37. The summed E-state index contributed by atoms with van der Waals surface area (Å²) in [6.45, 7) is 12.0. The van der Waals surface area contributed by atoms with Gasteiger partial charge in [-0.15, -0.1) is 22.9 Å². The van der Waals surface area contributed by atoms with E-state index in [1.807, 2.05) is 57.3 Å². The zero-order valence-electron chi connectivity index (χ0n) is 39.7. The molecule has 0 aliphatic carbocycles. The second-order valence-corrected chi connectivity index (χ2v) is 19.3. The second-order valence-electron chi connectivity index (χ2n) is 18.1. The average Bonchev–Trinajstić information content (AvgIpc) is 4.16. The van der Waals surface area contributed by atoms with E-state index in [4.69, 9.17) is 31.5 Å². The van der Waals surface area contributed by atoms with Gasteiger partial charge in [-0.05, 0) is 104 Å². The maximum absolute atomic E-state index is 14.4. The first-order valence-electron chi connectivity index (χ1n) is 23.3. The summed E-state index contributed by atoms with van der Waals surface area (Å²) in [5, 5.41) is 9.39. The number of aromatic nitrogens is 1. The number of benzene rings is 3. The SMILES string of the molecule is CCC[C@H](NC(=O)[C@@H](N)C(C)C)C(=O)Nc1ccc(COC(=O)N(C)CCN(C)C(=O)Oc2cc3c(c4c(C)csc24)[C@H](CCl)CN3C(=O)c2cc3cc(OCCN4CCCC4)ccc3[nH]2)cc1. The van der Waals surface area contributed by atoms with E-state index in [1.165, 1.54) is 34.0 Å². The summed E-state index contributed by atoms with van der Waals surface area (Å²) in [5.74, 6) is 0.218. The van der Waals surface area contributed by atoms with E-state index in [-0.39, 0.29) is 49.3 Å². The number of ether oxygens (including phenoxy) is 3. The van der Waals surface area contributed by atoms with E-state index >= 15 is 0 Å². The van der Waals surface area contributed by atoms with Crippen LogP contribution in [-0.2, 0) is 20.9 Å². The van der Waals surface area contributed by atoms with Crippen LogP contribution in [0.3, 0.4) is 0 Å². The number of likely N-dealkylation sites (tertiary alicyclic amines) is 1. The van der Waals surface area contributed by atoms with Crippen LogP contribution in [0.15, 0.2) is 60.0 Å². The van der Waals surface area contributed by atoms with Gasteiger partial charge in [-0.1, -0.05) is 39.3 Å². The van der Waals surface area contributed by atoms with Crippen LogP contribution in [0.2, 0.25) is 0 Å². The van der Waals surface area contributed by atoms with Gasteiger partial charge in [0, 0.05) is 80.1 Å². The molecule has 68 heavy (non-hydrogen) atoms. The highest BCUT2D eigenvalue weighted by Crippen LogP contribution is 2.49. The molecule has 0 bridgehead atoms. The minimum Gasteiger partial charge on any atom is -0.492 e. The number of halogens is 1. The number of aromatic amines is 1. The van der Waals surface area contributed by atoms with Gasteiger partial charge >= 0.3 is 12.2 Å². The van der Waals surface area contributed by atoms with E-state index in [0.717, 1.165) is 57.5 Å². The standard InChI is InChI=1S/C50H63ClN8O8S/c1-7-10-38(55-47(61)44(52)30(2)3)46(60)53-35-13-11-32(12-14-35)28-66-49(63)56(5)19-20-57(6)50(64)67-41-25-40-43(42-31(4)29-68-45(41)42)34(26-51)27-59(40)48(62)39-24-33-23-36(15-16-37(33)54-39)65-22-21-58-17-8-9-18-58/h11-16,23-25,29-30,34,38,44,54H,7-10,17-22,26-28,52H2,1-6H3,(H,53,60)(H,55,61)/t34-,38+,44+/m1/s1. The predicted octanol–water partition coefficient (Wildman–Crippen LogP) is 8.05. The van der Waals surface area contributed by atoms with Crippen molar-refractivity contribution in [2.45, 2.75) is 78.0 Å². The number of hydrogen-bond acceptors (Lipinski definition) is 11. The number of nitrogens with one attached hydrogen (secondary N) is 3. The Bertz CT molecular complexity index is 2610. The van der Waals surface area contributed by atoms with Crippen molar-refractivity contribution in [3.05, 3.63) is 82.4 Å². The number of rotatable bonds is 19. The molecule has 2 aliphatic heterocycles. The number of aryl methyl sites for hydroxylation is 1. The highest BCUT2D eigenvalue weighted by atomic mass is 35.5. The molecule has 4 heterocycles. The number of fused-ring (bicyclic) bond motifs is 4. The summed E-state index contributed by atoms with van der Waals surface area (Å²) < 4.78 is 18.5. The first-order chi connectivity index (χ1) is 32.6. The van der Waals surface area contributed by atoms with Gasteiger partial charge in [-0.2, -0.15) is 0 Å². The Labute approximate surface area is 406 Å². The molecule has 16 nitrogen and oxygen atoms in total. The lowest BCUT2D eigenvalue weighted by atomic mass is 9.97. The molecule has 3 atom stereocenters. The summed E-state index contributed by atoms with van der Waals surface area (Å²) in [7, 11) is 3.16. The average molecular weight is 972 g/mol. The van der Waals surface area contributed by atoms with Crippen molar-refractivity contribution in [1.29, 1.82) is 0 Å². The van der Waals surface area contributed by atoms with Crippen LogP contribution in [0.4, 0.5) is 21.0 Å². The second kappa shape index (κ2) is 22.5. The fraction of sp³-hybridized carbons (Fsp3) is 0.460. The molecule has 364 valence electrons. The highest BCUT2D eigenvalue weighted by molar-refractivity contribution is 7.17. The Balaban J connectivity index is 0.938. The zero-order valence-corrected chi connectivity index (χ0v) is 41.3. The Kier molecular flexibility index (Phi) is 16.5. The quantitative estimate of drug-likeness (QED) is 0.0589. The fourth-order valence-electron chi connectivity index (χ4n) is 8.51. The summed E-state index contributed by atoms with van der Waals surface area (Å²) >= 11 is 8.05. The number of hydrogen-bond donors (Lipinski definition) is 4. The zero-order chi connectivity index (χ0) is 48.6. The number of thiophene rings is 1. The number of anilines is 2. The van der Waals surface area contributed by atoms with E-state index in [0.29, 0.717) is 60.3 Å². The van der Waals surface area contributed by atoms with Crippen molar-refractivity contribution >= 4 is 85.2 Å².